The number of esters is 2. The van der Waals surface area contributed by atoms with Crippen LogP contribution in [0.2, 0.25) is 0 Å². The first-order valence-corrected chi connectivity index (χ1v) is 7.31. The Bertz CT molecular complexity index is 426. The summed E-state index contributed by atoms with van der Waals surface area (Å²) >= 11 is 0. The van der Waals surface area contributed by atoms with Crippen molar-refractivity contribution in [1.29, 1.82) is 0 Å². The molecule has 4 unspecified atom stereocenters. The Kier molecular flexibility index (Phi) is 3.94. The average Bonchev–Trinajstić information content (AvgIpc) is 2.23. The van der Waals surface area contributed by atoms with Crippen LogP contribution in [-0.2, 0) is 19.1 Å². The number of hydrogen-bond donors (Lipinski definition) is 0. The van der Waals surface area contributed by atoms with Gasteiger partial charge in [-0.15, -0.1) is 0 Å². The summed E-state index contributed by atoms with van der Waals surface area (Å²) in [5.74, 6) is 0.304. The van der Waals surface area contributed by atoms with Crippen LogP contribution in [0.15, 0.2) is 12.7 Å². The lowest BCUT2D eigenvalue weighted by atomic mass is 9.61. The summed E-state index contributed by atoms with van der Waals surface area (Å²) in [6.07, 6.45) is 5.45. The molecular weight excluding hydrogens is 256 g/mol. The van der Waals surface area contributed by atoms with Gasteiger partial charge in [0.05, 0.1) is 0 Å². The molecule has 2 fully saturated rings. The van der Waals surface area contributed by atoms with Gasteiger partial charge in [-0.3, -0.25) is 4.79 Å². The van der Waals surface area contributed by atoms with E-state index in [1.807, 2.05) is 6.92 Å². The maximum atomic E-state index is 11.7. The topological polar surface area (TPSA) is 52.6 Å². The maximum absolute atomic E-state index is 11.7. The summed E-state index contributed by atoms with van der Waals surface area (Å²) in [5, 5.41) is 0. The second-order valence-electron chi connectivity index (χ2n) is 6.85. The van der Waals surface area contributed by atoms with Crippen molar-refractivity contribution in [3.05, 3.63) is 12.7 Å². The van der Waals surface area contributed by atoms with Gasteiger partial charge in [0.25, 0.3) is 0 Å². The molecule has 4 nitrogen and oxygen atoms in total. The molecule has 0 aromatic heterocycles. The van der Waals surface area contributed by atoms with Gasteiger partial charge in [0.1, 0.15) is 11.2 Å². The summed E-state index contributed by atoms with van der Waals surface area (Å²) in [6.45, 7) is 9.05. The number of hydrogen-bond acceptors (Lipinski definition) is 4. The van der Waals surface area contributed by atoms with E-state index >= 15 is 0 Å². The molecule has 2 aliphatic rings. The van der Waals surface area contributed by atoms with E-state index in [9.17, 15) is 9.59 Å². The molecule has 2 saturated carbocycles. The molecule has 0 saturated heterocycles. The number of carbonyl (C=O) groups is 2. The molecule has 20 heavy (non-hydrogen) atoms. The molecule has 2 rings (SSSR count). The van der Waals surface area contributed by atoms with Crippen LogP contribution in [0, 0.1) is 11.8 Å². The average molecular weight is 280 g/mol. The van der Waals surface area contributed by atoms with Gasteiger partial charge in [-0.1, -0.05) is 13.5 Å². The molecular formula is C16H24O4. The predicted octanol–water partition coefficient (Wildman–Crippen LogP) is 3.01. The Morgan fingerprint density at radius 3 is 2.55 bits per heavy atom. The minimum absolute atomic E-state index is 0.272. The van der Waals surface area contributed by atoms with Crippen molar-refractivity contribution in [3.8, 4) is 0 Å². The molecule has 0 heterocycles. The van der Waals surface area contributed by atoms with Crippen molar-refractivity contribution in [3.63, 3.8) is 0 Å². The first-order chi connectivity index (χ1) is 9.26. The zero-order valence-electron chi connectivity index (χ0n) is 12.6. The van der Waals surface area contributed by atoms with Crippen LogP contribution in [0.25, 0.3) is 0 Å². The molecule has 0 N–H and O–H groups in total. The van der Waals surface area contributed by atoms with Gasteiger partial charge >= 0.3 is 11.9 Å². The zero-order chi connectivity index (χ0) is 15.0. The lowest BCUT2D eigenvalue weighted by molar-refractivity contribution is -0.196. The summed E-state index contributed by atoms with van der Waals surface area (Å²) in [6, 6.07) is 0. The summed E-state index contributed by atoms with van der Waals surface area (Å²) < 4.78 is 11.2. The monoisotopic (exact) mass is 280 g/mol. The summed E-state index contributed by atoms with van der Waals surface area (Å²) in [5.41, 5.74) is -1.04. The predicted molar refractivity (Wildman–Crippen MR) is 74.9 cm³/mol. The van der Waals surface area contributed by atoms with Gasteiger partial charge in [-0.2, -0.15) is 0 Å². The van der Waals surface area contributed by atoms with E-state index in [0.29, 0.717) is 18.3 Å². The Morgan fingerprint density at radius 1 is 1.25 bits per heavy atom. The van der Waals surface area contributed by atoms with Gasteiger partial charge in [-0.25, -0.2) is 4.79 Å². The van der Waals surface area contributed by atoms with E-state index in [4.69, 9.17) is 9.47 Å². The van der Waals surface area contributed by atoms with Crippen LogP contribution in [0.5, 0.6) is 0 Å². The molecule has 0 aliphatic heterocycles. The molecule has 2 aliphatic carbocycles. The van der Waals surface area contributed by atoms with Crippen molar-refractivity contribution in [2.75, 3.05) is 0 Å². The minimum atomic E-state index is -0.531. The molecule has 4 heteroatoms. The SMILES string of the molecule is C=CC(=O)OC12CC(C)CC(CC(C)(OC(C)=O)C1)C2. The third-order valence-electron chi connectivity index (χ3n) is 4.41. The Hall–Kier alpha value is -1.32. The fourth-order valence-corrected chi connectivity index (χ4v) is 4.44. The standard InChI is InChI=1S/C16H24O4/c1-5-14(18)20-16-7-11(2)6-13(9-16)8-15(4,10-16)19-12(3)17/h5,11,13H,1,6-10H2,2-4H3. The van der Waals surface area contributed by atoms with Crippen molar-refractivity contribution in [2.45, 2.75) is 64.1 Å². The highest BCUT2D eigenvalue weighted by atomic mass is 16.6. The van der Waals surface area contributed by atoms with Gasteiger partial charge < -0.3 is 9.47 Å². The van der Waals surface area contributed by atoms with Gasteiger partial charge in [0.15, 0.2) is 0 Å². The van der Waals surface area contributed by atoms with E-state index in [2.05, 4.69) is 13.5 Å². The molecule has 0 aromatic carbocycles. The Morgan fingerprint density at radius 2 is 1.95 bits per heavy atom. The quantitative estimate of drug-likeness (QED) is 0.589. The molecule has 0 amide bonds. The first kappa shape index (κ1) is 15.1. The molecule has 0 spiro atoms. The number of carbonyl (C=O) groups excluding carboxylic acids is 2. The van der Waals surface area contributed by atoms with Crippen LogP contribution in [0.1, 0.15) is 52.9 Å². The maximum Gasteiger partial charge on any atom is 0.330 e. The van der Waals surface area contributed by atoms with E-state index in [-0.39, 0.29) is 11.9 Å². The second kappa shape index (κ2) is 5.23. The van der Waals surface area contributed by atoms with E-state index in [0.717, 1.165) is 25.7 Å². The number of rotatable bonds is 3. The van der Waals surface area contributed by atoms with E-state index < -0.39 is 11.2 Å². The van der Waals surface area contributed by atoms with Crippen LogP contribution < -0.4 is 0 Å². The van der Waals surface area contributed by atoms with Crippen molar-refractivity contribution >= 4 is 11.9 Å². The fourth-order valence-electron chi connectivity index (χ4n) is 4.44. The lowest BCUT2D eigenvalue weighted by Crippen LogP contribution is -2.54. The largest absolute Gasteiger partial charge is 0.459 e. The third-order valence-corrected chi connectivity index (χ3v) is 4.41. The van der Waals surface area contributed by atoms with Gasteiger partial charge in [0, 0.05) is 19.4 Å². The normalized spacial score (nSPS) is 39.8. The fraction of sp³-hybridized carbons (Fsp3) is 0.750. The van der Waals surface area contributed by atoms with Crippen LogP contribution in [0.4, 0.5) is 0 Å². The summed E-state index contributed by atoms with van der Waals surface area (Å²) in [4.78, 5) is 23.0. The third kappa shape index (κ3) is 3.22. The van der Waals surface area contributed by atoms with Crippen LogP contribution >= 0.6 is 0 Å². The van der Waals surface area contributed by atoms with Crippen molar-refractivity contribution < 1.29 is 19.1 Å². The van der Waals surface area contributed by atoms with Gasteiger partial charge in [0.2, 0.25) is 0 Å². The van der Waals surface area contributed by atoms with Crippen molar-refractivity contribution in [1.82, 2.24) is 0 Å². The lowest BCUT2D eigenvalue weighted by Gasteiger charge is -2.52. The van der Waals surface area contributed by atoms with E-state index in [1.165, 1.54) is 13.0 Å². The Labute approximate surface area is 120 Å². The minimum Gasteiger partial charge on any atom is -0.459 e. The number of ether oxygens (including phenoxy) is 2. The zero-order valence-corrected chi connectivity index (χ0v) is 12.6. The first-order valence-electron chi connectivity index (χ1n) is 7.31. The van der Waals surface area contributed by atoms with E-state index in [1.54, 1.807) is 0 Å². The molecule has 2 bridgehead atoms. The molecule has 112 valence electrons. The highest BCUT2D eigenvalue weighted by molar-refractivity contribution is 5.81. The van der Waals surface area contributed by atoms with Gasteiger partial charge in [-0.05, 0) is 44.4 Å². The smallest absolute Gasteiger partial charge is 0.330 e. The highest BCUT2D eigenvalue weighted by Crippen LogP contribution is 2.51. The van der Waals surface area contributed by atoms with Crippen LogP contribution in [0.3, 0.4) is 0 Å². The molecule has 4 atom stereocenters. The van der Waals surface area contributed by atoms with Crippen LogP contribution in [-0.4, -0.2) is 23.1 Å². The Balaban J connectivity index is 2.23. The molecule has 0 radical (unpaired) electrons. The molecule has 0 aromatic rings. The second-order valence-corrected chi connectivity index (χ2v) is 6.85. The number of fused-ring (bicyclic) bond motifs is 2. The summed E-state index contributed by atoms with van der Waals surface area (Å²) in [7, 11) is 0. The van der Waals surface area contributed by atoms with Crippen molar-refractivity contribution in [2.24, 2.45) is 11.8 Å². The highest BCUT2D eigenvalue weighted by Gasteiger charge is 2.53.